The zero-order valence-corrected chi connectivity index (χ0v) is 13.8. The maximum atomic E-state index is 12.3. The van der Waals surface area contributed by atoms with Crippen LogP contribution in [0.5, 0.6) is 11.5 Å². The maximum Gasteiger partial charge on any atom is 0.265 e. The Morgan fingerprint density at radius 3 is 2.43 bits per heavy atom. The zero-order valence-electron chi connectivity index (χ0n) is 13.8. The third-order valence-corrected chi connectivity index (χ3v) is 3.46. The van der Waals surface area contributed by atoms with E-state index >= 15 is 0 Å². The van der Waals surface area contributed by atoms with Crippen molar-refractivity contribution in [3.8, 4) is 11.5 Å². The number of para-hydroxylation sites is 2. The number of hydrogen-bond acceptors (Lipinski definition) is 3. The molecule has 2 rings (SSSR count). The van der Waals surface area contributed by atoms with Crippen LogP contribution in [0.25, 0.3) is 0 Å². The van der Waals surface area contributed by atoms with E-state index < -0.39 is 6.10 Å². The highest BCUT2D eigenvalue weighted by molar-refractivity contribution is 5.95. The maximum absolute atomic E-state index is 12.3. The number of rotatable bonds is 7. The van der Waals surface area contributed by atoms with Gasteiger partial charge < -0.3 is 14.8 Å². The van der Waals surface area contributed by atoms with Crippen LogP contribution in [-0.2, 0) is 11.2 Å². The van der Waals surface area contributed by atoms with E-state index in [0.29, 0.717) is 23.8 Å². The second-order valence-corrected chi connectivity index (χ2v) is 5.18. The Hall–Kier alpha value is -2.49. The van der Waals surface area contributed by atoms with Crippen LogP contribution >= 0.6 is 0 Å². The molecule has 2 aromatic rings. The third-order valence-electron chi connectivity index (χ3n) is 3.46. The molecule has 0 bridgehead atoms. The van der Waals surface area contributed by atoms with E-state index in [2.05, 4.69) is 12.2 Å². The molecule has 1 atom stereocenters. The van der Waals surface area contributed by atoms with Gasteiger partial charge in [0.15, 0.2) is 6.10 Å². The highest BCUT2D eigenvalue weighted by atomic mass is 16.5. The number of hydrogen-bond donors (Lipinski definition) is 1. The first-order chi connectivity index (χ1) is 11.1. The molecule has 0 aliphatic carbocycles. The molecule has 0 saturated carbocycles. The fraction of sp³-hybridized carbons (Fsp3) is 0.316. The average molecular weight is 313 g/mol. The van der Waals surface area contributed by atoms with E-state index in [1.54, 1.807) is 6.92 Å². The Balaban J connectivity index is 1.99. The summed E-state index contributed by atoms with van der Waals surface area (Å²) < 4.78 is 11.2. The molecule has 0 aliphatic rings. The highest BCUT2D eigenvalue weighted by Gasteiger charge is 2.16. The summed E-state index contributed by atoms with van der Waals surface area (Å²) in [6.07, 6.45) is 0.377. The molecule has 0 aromatic heterocycles. The van der Waals surface area contributed by atoms with Gasteiger partial charge in [-0.25, -0.2) is 0 Å². The van der Waals surface area contributed by atoms with Gasteiger partial charge in [-0.15, -0.1) is 0 Å². The fourth-order valence-corrected chi connectivity index (χ4v) is 2.15. The SMILES string of the molecule is CCOc1ccccc1NC(=O)[C@H](C)Oc1ccc(CC)cc1. The number of aryl methyl sites for hydroxylation is 1. The molecule has 1 N–H and O–H groups in total. The largest absolute Gasteiger partial charge is 0.492 e. The summed E-state index contributed by atoms with van der Waals surface area (Å²) in [5.74, 6) is 1.13. The summed E-state index contributed by atoms with van der Waals surface area (Å²) in [6.45, 7) is 6.28. The highest BCUT2D eigenvalue weighted by Crippen LogP contribution is 2.24. The summed E-state index contributed by atoms with van der Waals surface area (Å²) in [4.78, 5) is 12.3. The predicted molar refractivity (Wildman–Crippen MR) is 92.2 cm³/mol. The second-order valence-electron chi connectivity index (χ2n) is 5.18. The Morgan fingerprint density at radius 2 is 1.78 bits per heavy atom. The lowest BCUT2D eigenvalue weighted by Crippen LogP contribution is -2.30. The first-order valence-electron chi connectivity index (χ1n) is 7.92. The van der Waals surface area contributed by atoms with Crippen LogP contribution in [-0.4, -0.2) is 18.6 Å². The number of benzene rings is 2. The summed E-state index contributed by atoms with van der Waals surface area (Å²) in [5.41, 5.74) is 1.89. The van der Waals surface area contributed by atoms with E-state index in [9.17, 15) is 4.79 Å². The summed E-state index contributed by atoms with van der Waals surface area (Å²) in [6, 6.07) is 15.1. The van der Waals surface area contributed by atoms with Crippen LogP contribution in [0.1, 0.15) is 26.3 Å². The topological polar surface area (TPSA) is 47.6 Å². The molecule has 0 heterocycles. The summed E-state index contributed by atoms with van der Waals surface area (Å²) in [5, 5.41) is 2.85. The van der Waals surface area contributed by atoms with Gasteiger partial charge in [-0.2, -0.15) is 0 Å². The van der Waals surface area contributed by atoms with Crippen molar-refractivity contribution in [2.24, 2.45) is 0 Å². The summed E-state index contributed by atoms with van der Waals surface area (Å²) >= 11 is 0. The minimum atomic E-state index is -0.600. The normalized spacial score (nSPS) is 11.6. The molecule has 0 spiro atoms. The van der Waals surface area contributed by atoms with Crippen LogP contribution in [0, 0.1) is 0 Å². The van der Waals surface area contributed by atoms with Gasteiger partial charge in [-0.3, -0.25) is 4.79 Å². The Morgan fingerprint density at radius 1 is 1.09 bits per heavy atom. The first kappa shape index (κ1) is 16.9. The summed E-state index contributed by atoms with van der Waals surface area (Å²) in [7, 11) is 0. The van der Waals surface area contributed by atoms with Crippen molar-refractivity contribution in [1.29, 1.82) is 0 Å². The zero-order chi connectivity index (χ0) is 16.7. The van der Waals surface area contributed by atoms with Crippen molar-refractivity contribution >= 4 is 11.6 Å². The monoisotopic (exact) mass is 313 g/mol. The van der Waals surface area contributed by atoms with Gasteiger partial charge in [0.25, 0.3) is 5.91 Å². The lowest BCUT2D eigenvalue weighted by molar-refractivity contribution is -0.122. The number of anilines is 1. The van der Waals surface area contributed by atoms with E-state index in [-0.39, 0.29) is 5.91 Å². The molecule has 0 unspecified atom stereocenters. The van der Waals surface area contributed by atoms with Gasteiger partial charge in [0.2, 0.25) is 0 Å². The van der Waals surface area contributed by atoms with E-state index in [1.165, 1.54) is 5.56 Å². The van der Waals surface area contributed by atoms with E-state index in [1.807, 2.05) is 55.5 Å². The lowest BCUT2D eigenvalue weighted by Gasteiger charge is -2.16. The van der Waals surface area contributed by atoms with Gasteiger partial charge in [0.1, 0.15) is 11.5 Å². The number of nitrogens with one attached hydrogen (secondary N) is 1. The molecule has 23 heavy (non-hydrogen) atoms. The van der Waals surface area contributed by atoms with E-state index in [4.69, 9.17) is 9.47 Å². The minimum Gasteiger partial charge on any atom is -0.492 e. The van der Waals surface area contributed by atoms with Gasteiger partial charge in [-0.05, 0) is 50.1 Å². The quantitative estimate of drug-likeness (QED) is 0.838. The lowest BCUT2D eigenvalue weighted by atomic mass is 10.2. The van der Waals surface area contributed by atoms with Crippen LogP contribution in [0.2, 0.25) is 0 Å². The van der Waals surface area contributed by atoms with Gasteiger partial charge in [0.05, 0.1) is 12.3 Å². The van der Waals surface area contributed by atoms with Crippen molar-refractivity contribution in [1.82, 2.24) is 0 Å². The van der Waals surface area contributed by atoms with Gasteiger partial charge in [0, 0.05) is 0 Å². The van der Waals surface area contributed by atoms with Gasteiger partial charge in [-0.1, -0.05) is 31.2 Å². The van der Waals surface area contributed by atoms with Crippen LogP contribution in [0.15, 0.2) is 48.5 Å². The average Bonchev–Trinajstić information content (AvgIpc) is 2.57. The molecular formula is C19H23NO3. The predicted octanol–water partition coefficient (Wildman–Crippen LogP) is 4.05. The molecule has 2 aromatic carbocycles. The smallest absolute Gasteiger partial charge is 0.265 e. The van der Waals surface area contributed by atoms with E-state index in [0.717, 1.165) is 6.42 Å². The number of carbonyl (C=O) groups is 1. The molecule has 4 nitrogen and oxygen atoms in total. The Labute approximate surface area is 137 Å². The van der Waals surface area contributed by atoms with Gasteiger partial charge >= 0.3 is 0 Å². The molecule has 0 radical (unpaired) electrons. The standard InChI is InChI=1S/C19H23NO3/c1-4-15-10-12-16(13-11-15)23-14(3)19(21)20-17-8-6-7-9-18(17)22-5-2/h6-14H,4-5H2,1-3H3,(H,20,21)/t14-/m0/s1. The third kappa shape index (κ3) is 4.74. The molecule has 122 valence electrons. The van der Waals surface area contributed by atoms with Crippen LogP contribution in [0.4, 0.5) is 5.69 Å². The van der Waals surface area contributed by atoms with Crippen LogP contribution in [0.3, 0.4) is 0 Å². The van der Waals surface area contributed by atoms with Crippen molar-refractivity contribution in [3.63, 3.8) is 0 Å². The first-order valence-corrected chi connectivity index (χ1v) is 7.92. The Kier molecular flexibility index (Phi) is 6.03. The number of amides is 1. The van der Waals surface area contributed by atoms with Crippen molar-refractivity contribution < 1.29 is 14.3 Å². The molecular weight excluding hydrogens is 290 g/mol. The van der Waals surface area contributed by atoms with Crippen molar-refractivity contribution in [2.75, 3.05) is 11.9 Å². The van der Waals surface area contributed by atoms with Crippen molar-refractivity contribution in [3.05, 3.63) is 54.1 Å². The van der Waals surface area contributed by atoms with Crippen LogP contribution < -0.4 is 14.8 Å². The molecule has 0 fully saturated rings. The molecule has 1 amide bonds. The second kappa shape index (κ2) is 8.22. The minimum absolute atomic E-state index is 0.211. The number of carbonyl (C=O) groups excluding carboxylic acids is 1. The fourth-order valence-electron chi connectivity index (χ4n) is 2.15. The Bertz CT molecular complexity index is 637. The molecule has 0 aliphatic heterocycles. The molecule has 4 heteroatoms. The number of ether oxygens (including phenoxy) is 2. The molecule has 0 saturated heterocycles. The van der Waals surface area contributed by atoms with Crippen molar-refractivity contribution in [2.45, 2.75) is 33.3 Å².